The summed E-state index contributed by atoms with van der Waals surface area (Å²) in [5.41, 5.74) is 7.32. The third-order valence-electron chi connectivity index (χ3n) is 7.59. The van der Waals surface area contributed by atoms with Gasteiger partial charge in [-0.05, 0) is 54.7 Å². The zero-order chi connectivity index (χ0) is 21.6. The normalized spacial score (nSPS) is 24.9. The van der Waals surface area contributed by atoms with E-state index in [1.54, 1.807) is 0 Å². The van der Waals surface area contributed by atoms with E-state index in [9.17, 15) is 4.79 Å². The number of para-hydroxylation sites is 1. The maximum absolute atomic E-state index is 10.0. The summed E-state index contributed by atoms with van der Waals surface area (Å²) in [5.74, 6) is -0.0625. The van der Waals surface area contributed by atoms with Crippen LogP contribution in [-0.2, 0) is 35.7 Å². The number of hydrogen-bond acceptors (Lipinski definition) is 3. The van der Waals surface area contributed by atoms with Gasteiger partial charge in [-0.15, -0.1) is 35.4 Å². The fourth-order valence-corrected chi connectivity index (χ4v) is 6.64. The van der Waals surface area contributed by atoms with Crippen LogP contribution in [0, 0.1) is 6.07 Å². The number of hydrogen-bond donors (Lipinski definition) is 1. The van der Waals surface area contributed by atoms with E-state index in [2.05, 4.69) is 54.6 Å². The Bertz CT molecular complexity index is 1200. The molecule has 3 nitrogen and oxygen atoms in total. The van der Waals surface area contributed by atoms with E-state index in [1.807, 2.05) is 0 Å². The minimum atomic E-state index is -0.125. The number of ketones is 1. The van der Waals surface area contributed by atoms with Crippen LogP contribution in [0.15, 0.2) is 60.4 Å². The number of benzene rings is 2. The first kappa shape index (κ1) is 22.9. The molecule has 32 heavy (non-hydrogen) atoms. The van der Waals surface area contributed by atoms with Gasteiger partial charge in [-0.1, -0.05) is 55.5 Å². The number of pyridine rings is 1. The van der Waals surface area contributed by atoms with Crippen molar-refractivity contribution in [3.8, 4) is 11.3 Å². The van der Waals surface area contributed by atoms with Crippen LogP contribution in [0.2, 0.25) is 0 Å². The van der Waals surface area contributed by atoms with Crippen molar-refractivity contribution in [2.24, 2.45) is 0 Å². The first-order valence-electron chi connectivity index (χ1n) is 11.3. The summed E-state index contributed by atoms with van der Waals surface area (Å²) in [5, 5.41) is 9.65. The van der Waals surface area contributed by atoms with Gasteiger partial charge in [0, 0.05) is 26.2 Å². The Morgan fingerprint density at radius 2 is 1.66 bits per heavy atom. The first-order chi connectivity index (χ1) is 15.0. The molecule has 167 valence electrons. The minimum Gasteiger partial charge on any atom is -0.512 e. The van der Waals surface area contributed by atoms with Crippen molar-refractivity contribution in [1.82, 2.24) is 4.98 Å². The monoisotopic (exact) mass is 603 g/mol. The Hall–Kier alpha value is -2.29. The van der Waals surface area contributed by atoms with E-state index in [4.69, 9.17) is 10.1 Å². The molecule has 4 heteroatoms. The second-order valence-electron chi connectivity index (χ2n) is 9.30. The maximum atomic E-state index is 10.0. The van der Waals surface area contributed by atoms with Crippen LogP contribution in [0.1, 0.15) is 63.5 Å². The van der Waals surface area contributed by atoms with Gasteiger partial charge in [-0.3, -0.25) is 9.78 Å². The molecule has 0 amide bonds. The molecule has 1 N–H and O–H groups in total. The quantitative estimate of drug-likeness (QED) is 0.194. The second kappa shape index (κ2) is 8.57. The smallest absolute Gasteiger partial charge is 0.155 e. The Kier molecular flexibility index (Phi) is 6.13. The van der Waals surface area contributed by atoms with Crippen LogP contribution in [0.5, 0.6) is 0 Å². The van der Waals surface area contributed by atoms with Crippen molar-refractivity contribution in [2.75, 3.05) is 0 Å². The Morgan fingerprint density at radius 1 is 1.00 bits per heavy atom. The number of aliphatic hydroxyl groups is 1. The largest absolute Gasteiger partial charge is 0.512 e. The molecule has 0 bridgehead atoms. The van der Waals surface area contributed by atoms with Crippen LogP contribution in [-0.4, -0.2) is 15.9 Å². The third kappa shape index (κ3) is 3.36. The summed E-state index contributed by atoms with van der Waals surface area (Å²) in [6, 6.07) is 21.2. The molecule has 2 aromatic carbocycles. The molecule has 0 aliphatic heterocycles. The second-order valence-corrected chi connectivity index (χ2v) is 9.30. The van der Waals surface area contributed by atoms with Gasteiger partial charge in [-0.25, -0.2) is 0 Å². The molecule has 0 unspecified atom stereocenters. The minimum absolute atomic E-state index is 0. The van der Waals surface area contributed by atoms with E-state index in [-0.39, 0.29) is 31.6 Å². The van der Waals surface area contributed by atoms with Gasteiger partial charge >= 0.3 is 0 Å². The van der Waals surface area contributed by atoms with E-state index in [0.29, 0.717) is 10.8 Å². The molecule has 0 saturated heterocycles. The molecule has 1 aromatic heterocycles. The molecule has 0 atom stereocenters. The number of allylic oxidation sites excluding steroid dienone is 2. The number of carbonyl (C=O) groups is 1. The molecule has 1 radical (unpaired) electrons. The SMILES string of the molecule is CC(=O)C=C(C)O.[Ir].[c-]1cccc2c1-c1nc3ccccc3cc1C13CCCC21CCC3. The van der Waals surface area contributed by atoms with Crippen molar-refractivity contribution in [3.05, 3.63) is 77.6 Å². The summed E-state index contributed by atoms with van der Waals surface area (Å²) < 4.78 is 0. The molecule has 3 aliphatic carbocycles. The zero-order valence-electron chi connectivity index (χ0n) is 18.6. The molecule has 3 aromatic rings. The van der Waals surface area contributed by atoms with Crippen LogP contribution in [0.25, 0.3) is 22.2 Å². The summed E-state index contributed by atoms with van der Waals surface area (Å²) in [7, 11) is 0. The van der Waals surface area contributed by atoms with Crippen molar-refractivity contribution in [2.45, 2.75) is 63.2 Å². The standard InChI is InChI=1S/C23H20N.C5H8O2.Ir/c1-4-10-20-16(7-1)15-19-21(24-20)17-8-2-3-9-18(17)22-11-5-13-23(19,22)14-6-12-22;1-4(6)3-5(2)7;/h1-4,7,9-10,15H,5-6,11-14H2;3,6H,1-2H3;/q-1;;. The van der Waals surface area contributed by atoms with Crippen molar-refractivity contribution >= 4 is 16.7 Å². The van der Waals surface area contributed by atoms with Crippen LogP contribution in [0.4, 0.5) is 0 Å². The van der Waals surface area contributed by atoms with Gasteiger partial charge in [0.25, 0.3) is 0 Å². The fourth-order valence-electron chi connectivity index (χ4n) is 6.64. The topological polar surface area (TPSA) is 50.2 Å². The molecular formula is C28H28IrNO2-. The predicted molar refractivity (Wildman–Crippen MR) is 124 cm³/mol. The molecular weight excluding hydrogens is 575 g/mol. The number of aliphatic hydroxyl groups excluding tert-OH is 1. The van der Waals surface area contributed by atoms with Crippen LogP contribution in [0.3, 0.4) is 0 Å². The van der Waals surface area contributed by atoms with Gasteiger partial charge in [-0.2, -0.15) is 0 Å². The Balaban J connectivity index is 0.000000271. The summed E-state index contributed by atoms with van der Waals surface area (Å²) in [4.78, 5) is 15.2. The maximum Gasteiger partial charge on any atom is 0.155 e. The van der Waals surface area contributed by atoms with Gasteiger partial charge in [0.2, 0.25) is 0 Å². The average molecular weight is 603 g/mol. The fraction of sp³-hybridized carbons (Fsp3) is 0.357. The van der Waals surface area contributed by atoms with E-state index >= 15 is 0 Å². The predicted octanol–water partition coefficient (Wildman–Crippen LogP) is 6.59. The zero-order valence-corrected chi connectivity index (χ0v) is 21.0. The first-order valence-corrected chi connectivity index (χ1v) is 11.3. The molecule has 1 heterocycles. The number of fused-ring (bicyclic) bond motifs is 4. The van der Waals surface area contributed by atoms with E-state index < -0.39 is 0 Å². The Labute approximate surface area is 203 Å². The van der Waals surface area contributed by atoms with Crippen molar-refractivity contribution in [1.29, 1.82) is 0 Å². The van der Waals surface area contributed by atoms with Crippen LogP contribution >= 0.6 is 0 Å². The molecule has 3 aliphatic rings. The summed E-state index contributed by atoms with van der Waals surface area (Å²) in [6.45, 7) is 2.85. The van der Waals surface area contributed by atoms with Gasteiger partial charge in [0.1, 0.15) is 0 Å². The third-order valence-corrected chi connectivity index (χ3v) is 7.59. The number of nitrogens with zero attached hydrogens (tertiary/aromatic N) is 1. The van der Waals surface area contributed by atoms with Gasteiger partial charge in [0.05, 0.1) is 11.3 Å². The van der Waals surface area contributed by atoms with Gasteiger partial charge in [0.15, 0.2) is 5.78 Å². The molecule has 2 fully saturated rings. The van der Waals surface area contributed by atoms with E-state index in [1.165, 1.54) is 86.2 Å². The van der Waals surface area contributed by atoms with Crippen LogP contribution < -0.4 is 0 Å². The average Bonchev–Trinajstić information content (AvgIpc) is 3.30. The number of aromatic nitrogens is 1. The molecule has 6 rings (SSSR count). The van der Waals surface area contributed by atoms with Crippen molar-refractivity contribution < 1.29 is 30.0 Å². The molecule has 0 spiro atoms. The number of carbonyl (C=O) groups excluding carboxylic acids is 1. The Morgan fingerprint density at radius 3 is 2.28 bits per heavy atom. The van der Waals surface area contributed by atoms with Crippen molar-refractivity contribution in [3.63, 3.8) is 0 Å². The van der Waals surface area contributed by atoms with Gasteiger partial charge < -0.3 is 5.11 Å². The summed E-state index contributed by atoms with van der Waals surface area (Å²) in [6.07, 6.45) is 9.19. The number of rotatable bonds is 1. The summed E-state index contributed by atoms with van der Waals surface area (Å²) >= 11 is 0. The van der Waals surface area contributed by atoms with E-state index in [0.717, 1.165) is 5.52 Å². The molecule has 2 saturated carbocycles.